The zero-order valence-electron chi connectivity index (χ0n) is 19.6. The van der Waals surface area contributed by atoms with Gasteiger partial charge in [-0.1, -0.05) is 29.8 Å². The maximum atomic E-state index is 13.2. The fourth-order valence-corrected chi connectivity index (χ4v) is 4.91. The minimum Gasteiger partial charge on any atom is -0.462 e. The Morgan fingerprint density at radius 3 is 2.54 bits per heavy atom. The molecule has 4 rings (SSSR count). The van der Waals surface area contributed by atoms with Gasteiger partial charge in [-0.25, -0.2) is 14.6 Å². The lowest BCUT2D eigenvalue weighted by atomic mass is 10.1. The van der Waals surface area contributed by atoms with Crippen LogP contribution in [0.1, 0.15) is 56.3 Å². The van der Waals surface area contributed by atoms with Crippen LogP contribution in [0.3, 0.4) is 0 Å². The van der Waals surface area contributed by atoms with Crippen molar-refractivity contribution in [2.24, 2.45) is 0 Å². The number of fused-ring (bicyclic) bond motifs is 1. The second kappa shape index (κ2) is 10.0. The predicted octanol–water partition coefficient (Wildman–Crippen LogP) is 6.17. The lowest BCUT2D eigenvalue weighted by Crippen LogP contribution is -2.25. The van der Waals surface area contributed by atoms with Gasteiger partial charge in [-0.15, -0.1) is 11.3 Å². The third kappa shape index (κ3) is 4.85. The van der Waals surface area contributed by atoms with Crippen LogP contribution in [0.15, 0.2) is 42.5 Å². The van der Waals surface area contributed by atoms with Gasteiger partial charge in [0.15, 0.2) is 6.10 Å². The molecule has 3 aromatic heterocycles. The summed E-state index contributed by atoms with van der Waals surface area (Å²) in [6.07, 6.45) is -1.10. The van der Waals surface area contributed by atoms with Gasteiger partial charge in [0.1, 0.15) is 0 Å². The summed E-state index contributed by atoms with van der Waals surface area (Å²) in [5.74, 6) is -1.61. The molecule has 1 N–H and O–H groups in total. The van der Waals surface area contributed by atoms with Gasteiger partial charge in [0.2, 0.25) is 5.78 Å². The van der Waals surface area contributed by atoms with Crippen molar-refractivity contribution in [2.75, 3.05) is 6.61 Å². The topological polar surface area (TPSA) is 98.4 Å². The van der Waals surface area contributed by atoms with Gasteiger partial charge in [-0.2, -0.15) is 0 Å². The molecule has 0 aliphatic heterocycles. The summed E-state index contributed by atoms with van der Waals surface area (Å²) in [6.45, 7) is 6.79. The van der Waals surface area contributed by atoms with Crippen molar-refractivity contribution >= 4 is 51.6 Å². The number of H-pyrrole nitrogens is 1. The molecule has 0 fully saturated rings. The van der Waals surface area contributed by atoms with Crippen LogP contribution in [0.2, 0.25) is 4.34 Å². The lowest BCUT2D eigenvalue weighted by Gasteiger charge is -2.14. The third-order valence-electron chi connectivity index (χ3n) is 5.58. The number of hydrogen-bond acceptors (Lipinski definition) is 7. The first-order chi connectivity index (χ1) is 16.7. The Morgan fingerprint density at radius 1 is 1.11 bits per heavy atom. The number of halogens is 1. The highest BCUT2D eigenvalue weighted by atomic mass is 35.5. The first-order valence-electron chi connectivity index (χ1n) is 11.0. The molecule has 4 aromatic rings. The molecule has 0 amide bonds. The highest BCUT2D eigenvalue weighted by Gasteiger charge is 2.28. The van der Waals surface area contributed by atoms with E-state index in [1.807, 2.05) is 12.1 Å². The quantitative estimate of drug-likeness (QED) is 0.236. The van der Waals surface area contributed by atoms with Gasteiger partial charge in [0.25, 0.3) is 0 Å². The number of carbonyl (C=O) groups is 3. The summed E-state index contributed by atoms with van der Waals surface area (Å²) in [4.78, 5) is 47.1. The fraction of sp³-hybridized carbons (Fsp3) is 0.231. The number of benzene rings is 1. The van der Waals surface area contributed by atoms with E-state index in [2.05, 4.69) is 9.97 Å². The van der Waals surface area contributed by atoms with E-state index in [-0.39, 0.29) is 12.3 Å². The molecular formula is C26H23ClN2O5S. The average molecular weight is 511 g/mol. The number of nitrogens with zero attached hydrogens (tertiary/aromatic N) is 1. The van der Waals surface area contributed by atoms with E-state index in [1.54, 1.807) is 51.1 Å². The monoisotopic (exact) mass is 510 g/mol. The number of nitrogens with one attached hydrogen (secondary N) is 1. The number of hydrogen-bond donors (Lipinski definition) is 1. The number of esters is 2. The fourth-order valence-electron chi connectivity index (χ4n) is 3.91. The number of ketones is 1. The van der Waals surface area contributed by atoms with Crippen LogP contribution in [0.5, 0.6) is 0 Å². The Bertz CT molecular complexity index is 1460. The number of aromatic amines is 1. The van der Waals surface area contributed by atoms with Crippen molar-refractivity contribution in [3.8, 4) is 10.6 Å². The zero-order valence-corrected chi connectivity index (χ0v) is 21.2. The summed E-state index contributed by atoms with van der Waals surface area (Å²) in [5, 5.41) is 0.611. The zero-order chi connectivity index (χ0) is 25.3. The van der Waals surface area contributed by atoms with Crippen molar-refractivity contribution < 1.29 is 23.9 Å². The molecule has 0 aliphatic carbocycles. The van der Waals surface area contributed by atoms with Gasteiger partial charge in [0, 0.05) is 11.1 Å². The molecule has 7 nitrogen and oxygen atoms in total. The van der Waals surface area contributed by atoms with E-state index in [4.69, 9.17) is 21.1 Å². The molecule has 3 heterocycles. The van der Waals surface area contributed by atoms with Gasteiger partial charge < -0.3 is 14.5 Å². The molecule has 0 bridgehead atoms. The molecule has 0 saturated carbocycles. The summed E-state index contributed by atoms with van der Waals surface area (Å²) >= 11 is 7.44. The highest BCUT2D eigenvalue weighted by Crippen LogP contribution is 2.32. The van der Waals surface area contributed by atoms with Crippen molar-refractivity contribution in [2.45, 2.75) is 33.8 Å². The minimum absolute atomic E-state index is 0.208. The molecule has 35 heavy (non-hydrogen) atoms. The smallest absolute Gasteiger partial charge is 0.340 e. The first kappa shape index (κ1) is 24.6. The lowest BCUT2D eigenvalue weighted by molar-refractivity contribution is 0.0318. The second-order valence-corrected chi connectivity index (χ2v) is 9.65. The normalized spacial score (nSPS) is 11.9. The molecule has 0 spiro atoms. The molecule has 1 aromatic carbocycles. The summed E-state index contributed by atoms with van der Waals surface area (Å²) in [6, 6.07) is 12.5. The largest absolute Gasteiger partial charge is 0.462 e. The van der Waals surface area contributed by atoms with E-state index in [1.165, 1.54) is 18.3 Å². The van der Waals surface area contributed by atoms with Gasteiger partial charge >= 0.3 is 11.9 Å². The maximum Gasteiger partial charge on any atom is 0.340 e. The van der Waals surface area contributed by atoms with E-state index in [9.17, 15) is 14.4 Å². The molecule has 9 heteroatoms. The summed E-state index contributed by atoms with van der Waals surface area (Å²) < 4.78 is 11.3. The van der Waals surface area contributed by atoms with E-state index in [0.29, 0.717) is 43.3 Å². The van der Waals surface area contributed by atoms with Crippen molar-refractivity contribution in [3.05, 3.63) is 74.9 Å². The standard InChI is InChI=1S/C26H23ClN2O5S/c1-5-33-26(32)22-13(2)23(28-14(22)3)24(30)15(4)34-25(31)17-12-19(20-10-11-21(27)35-20)29-18-9-7-6-8-16(17)18/h6-12,15,28H,5H2,1-4H3/t15-/m0/s1. The third-order valence-corrected chi connectivity index (χ3v) is 6.83. The number of thiophene rings is 1. The summed E-state index contributed by atoms with van der Waals surface area (Å²) in [7, 11) is 0. The molecule has 1 atom stereocenters. The van der Waals surface area contributed by atoms with Crippen LogP contribution in [-0.4, -0.2) is 40.4 Å². The Morgan fingerprint density at radius 2 is 1.86 bits per heavy atom. The van der Waals surface area contributed by atoms with Crippen LogP contribution in [0.4, 0.5) is 0 Å². The minimum atomic E-state index is -1.10. The molecular weight excluding hydrogens is 488 g/mol. The Hall–Kier alpha value is -3.49. The first-order valence-corrected chi connectivity index (χ1v) is 12.2. The Labute approximate surface area is 211 Å². The van der Waals surface area contributed by atoms with Crippen LogP contribution < -0.4 is 0 Å². The number of aryl methyl sites for hydroxylation is 1. The molecule has 0 unspecified atom stereocenters. The van der Waals surface area contributed by atoms with Gasteiger partial charge in [-0.3, -0.25) is 4.79 Å². The summed E-state index contributed by atoms with van der Waals surface area (Å²) in [5.41, 5.74) is 2.99. The van der Waals surface area contributed by atoms with Gasteiger partial charge in [-0.05, 0) is 57.5 Å². The van der Waals surface area contributed by atoms with E-state index < -0.39 is 23.8 Å². The molecule has 0 saturated heterocycles. The molecule has 0 aliphatic rings. The molecule has 180 valence electrons. The number of para-hydroxylation sites is 1. The van der Waals surface area contributed by atoms with Crippen LogP contribution in [0.25, 0.3) is 21.5 Å². The SMILES string of the molecule is CCOC(=O)c1c(C)[nH]c(C(=O)[C@H](C)OC(=O)c2cc(-c3ccc(Cl)s3)nc3ccccc23)c1C. The predicted molar refractivity (Wildman–Crippen MR) is 135 cm³/mol. The van der Waals surface area contributed by atoms with Crippen molar-refractivity contribution in [1.82, 2.24) is 9.97 Å². The second-order valence-electron chi connectivity index (χ2n) is 7.93. The van der Waals surface area contributed by atoms with Crippen molar-refractivity contribution in [3.63, 3.8) is 0 Å². The van der Waals surface area contributed by atoms with Crippen LogP contribution >= 0.6 is 22.9 Å². The number of ether oxygens (including phenoxy) is 2. The molecule has 0 radical (unpaired) electrons. The van der Waals surface area contributed by atoms with Gasteiger partial charge in [0.05, 0.1) is 43.9 Å². The van der Waals surface area contributed by atoms with Crippen LogP contribution in [-0.2, 0) is 9.47 Å². The number of aromatic nitrogens is 2. The highest BCUT2D eigenvalue weighted by molar-refractivity contribution is 7.19. The van der Waals surface area contributed by atoms with E-state index >= 15 is 0 Å². The number of rotatable bonds is 7. The van der Waals surface area contributed by atoms with E-state index in [0.717, 1.165) is 4.88 Å². The average Bonchev–Trinajstić information content (AvgIpc) is 3.40. The number of Topliss-reactive ketones (excluding diaryl/α,β-unsaturated/α-hetero) is 1. The maximum absolute atomic E-state index is 13.2. The van der Waals surface area contributed by atoms with Crippen LogP contribution in [0, 0.1) is 13.8 Å². The number of carbonyl (C=O) groups excluding carboxylic acids is 3. The Kier molecular flexibility index (Phi) is 7.05. The van der Waals surface area contributed by atoms with Crippen molar-refractivity contribution in [1.29, 1.82) is 0 Å². The Balaban J connectivity index is 1.64. The number of pyridine rings is 1.